The minimum absolute atomic E-state index is 0.0853. The minimum atomic E-state index is -0.561. The molecule has 0 aromatic heterocycles. The maximum atomic E-state index is 11.2. The van der Waals surface area contributed by atoms with Crippen LogP contribution in [-0.2, 0) is 0 Å². The zero-order chi connectivity index (χ0) is 17.7. The van der Waals surface area contributed by atoms with Crippen molar-refractivity contribution in [2.45, 2.75) is 44.2 Å². The molecular formula is C20H26N2O2. The highest BCUT2D eigenvalue weighted by Gasteiger charge is 2.24. The Hall–Kier alpha value is -2.17. The number of benzene rings is 2. The molecule has 2 aromatic rings. The van der Waals surface area contributed by atoms with Crippen LogP contribution in [0, 0.1) is 0 Å². The van der Waals surface area contributed by atoms with E-state index in [9.17, 15) is 9.90 Å². The molecule has 0 spiro atoms. The Labute approximate surface area is 143 Å². The molecule has 0 heterocycles. The van der Waals surface area contributed by atoms with Gasteiger partial charge < -0.3 is 16.6 Å². The van der Waals surface area contributed by atoms with E-state index in [-0.39, 0.29) is 11.5 Å². The SMILES string of the molecule is CC(C)(N)CC(CC(O)c1ccccc1)c1ccc(C(N)=O)cc1. The first-order valence-corrected chi connectivity index (χ1v) is 8.18. The lowest BCUT2D eigenvalue weighted by Crippen LogP contribution is -2.34. The molecule has 0 aliphatic heterocycles. The minimum Gasteiger partial charge on any atom is -0.388 e. The Morgan fingerprint density at radius 3 is 2.12 bits per heavy atom. The maximum absolute atomic E-state index is 11.2. The van der Waals surface area contributed by atoms with Gasteiger partial charge in [-0.3, -0.25) is 4.79 Å². The van der Waals surface area contributed by atoms with E-state index in [0.29, 0.717) is 12.0 Å². The normalized spacial score (nSPS) is 14.2. The molecule has 128 valence electrons. The van der Waals surface area contributed by atoms with Gasteiger partial charge in [0.25, 0.3) is 0 Å². The zero-order valence-corrected chi connectivity index (χ0v) is 14.3. The fourth-order valence-corrected chi connectivity index (χ4v) is 2.97. The van der Waals surface area contributed by atoms with Crippen molar-refractivity contribution in [3.05, 3.63) is 71.3 Å². The van der Waals surface area contributed by atoms with Crippen LogP contribution in [0.5, 0.6) is 0 Å². The Balaban J connectivity index is 2.22. The Kier molecular flexibility index (Phi) is 5.75. The molecule has 0 saturated carbocycles. The Bertz CT molecular complexity index is 660. The maximum Gasteiger partial charge on any atom is 0.248 e. The third kappa shape index (κ3) is 5.18. The van der Waals surface area contributed by atoms with Crippen LogP contribution in [0.4, 0.5) is 0 Å². The van der Waals surface area contributed by atoms with Crippen molar-refractivity contribution in [1.82, 2.24) is 0 Å². The van der Waals surface area contributed by atoms with Gasteiger partial charge in [-0.05, 0) is 55.9 Å². The van der Waals surface area contributed by atoms with Crippen LogP contribution in [0.3, 0.4) is 0 Å². The van der Waals surface area contributed by atoms with Gasteiger partial charge in [0.05, 0.1) is 6.10 Å². The number of rotatable bonds is 7. The molecule has 5 N–H and O–H groups in total. The van der Waals surface area contributed by atoms with Crippen LogP contribution in [0.25, 0.3) is 0 Å². The molecule has 2 aromatic carbocycles. The van der Waals surface area contributed by atoms with Crippen molar-refractivity contribution < 1.29 is 9.90 Å². The summed E-state index contributed by atoms with van der Waals surface area (Å²) in [4.78, 5) is 11.2. The average Bonchev–Trinajstić information content (AvgIpc) is 2.54. The summed E-state index contributed by atoms with van der Waals surface area (Å²) < 4.78 is 0. The summed E-state index contributed by atoms with van der Waals surface area (Å²) in [5.41, 5.74) is 13.6. The number of hydrogen-bond donors (Lipinski definition) is 3. The zero-order valence-electron chi connectivity index (χ0n) is 14.3. The monoisotopic (exact) mass is 326 g/mol. The van der Waals surface area contributed by atoms with Crippen LogP contribution in [0.1, 0.15) is 60.2 Å². The highest BCUT2D eigenvalue weighted by molar-refractivity contribution is 5.92. The van der Waals surface area contributed by atoms with Gasteiger partial charge in [-0.15, -0.1) is 0 Å². The number of amides is 1. The second-order valence-corrected chi connectivity index (χ2v) is 7.04. The molecule has 0 fully saturated rings. The summed E-state index contributed by atoms with van der Waals surface area (Å²) in [7, 11) is 0. The largest absolute Gasteiger partial charge is 0.388 e. The molecule has 2 unspecified atom stereocenters. The van der Waals surface area contributed by atoms with Crippen molar-refractivity contribution >= 4 is 5.91 Å². The molecule has 0 saturated heterocycles. The second kappa shape index (κ2) is 7.60. The van der Waals surface area contributed by atoms with Crippen molar-refractivity contribution in [3.8, 4) is 0 Å². The summed E-state index contributed by atoms with van der Waals surface area (Å²) in [6.45, 7) is 3.96. The number of primary amides is 1. The number of hydrogen-bond acceptors (Lipinski definition) is 3. The lowest BCUT2D eigenvalue weighted by atomic mass is 9.82. The highest BCUT2D eigenvalue weighted by atomic mass is 16.3. The number of carbonyl (C=O) groups is 1. The van der Waals surface area contributed by atoms with Gasteiger partial charge in [0.15, 0.2) is 0 Å². The molecule has 2 rings (SSSR count). The van der Waals surface area contributed by atoms with Crippen LogP contribution >= 0.6 is 0 Å². The van der Waals surface area contributed by atoms with E-state index in [1.165, 1.54) is 0 Å². The van der Waals surface area contributed by atoms with E-state index in [4.69, 9.17) is 11.5 Å². The van der Waals surface area contributed by atoms with Crippen molar-refractivity contribution in [3.63, 3.8) is 0 Å². The average molecular weight is 326 g/mol. The van der Waals surface area contributed by atoms with Crippen LogP contribution in [-0.4, -0.2) is 16.6 Å². The lowest BCUT2D eigenvalue weighted by Gasteiger charge is -2.28. The molecule has 0 aliphatic rings. The summed E-state index contributed by atoms with van der Waals surface area (Å²) >= 11 is 0. The predicted molar refractivity (Wildman–Crippen MR) is 96.6 cm³/mol. The molecule has 0 aliphatic carbocycles. The standard InChI is InChI=1S/C20H26N2O2/c1-20(2,22)13-17(12-18(23)15-6-4-3-5-7-15)14-8-10-16(11-9-14)19(21)24/h3-11,17-18,23H,12-13,22H2,1-2H3,(H2,21,24). The molecule has 4 heteroatoms. The Morgan fingerprint density at radius 1 is 1.04 bits per heavy atom. The summed E-state index contributed by atoms with van der Waals surface area (Å²) in [5, 5.41) is 10.6. The third-order valence-corrected chi connectivity index (χ3v) is 4.13. The summed E-state index contributed by atoms with van der Waals surface area (Å²) in [6, 6.07) is 16.9. The molecule has 4 nitrogen and oxygen atoms in total. The first kappa shape index (κ1) is 18.2. The van der Waals surface area contributed by atoms with Gasteiger partial charge in [-0.25, -0.2) is 0 Å². The van der Waals surface area contributed by atoms with Crippen molar-refractivity contribution in [2.75, 3.05) is 0 Å². The predicted octanol–water partition coefficient (Wildman–Crippen LogP) is 3.12. The van der Waals surface area contributed by atoms with Crippen molar-refractivity contribution in [1.29, 1.82) is 0 Å². The first-order chi connectivity index (χ1) is 11.3. The number of nitrogens with two attached hydrogens (primary N) is 2. The van der Waals surface area contributed by atoms with Crippen LogP contribution < -0.4 is 11.5 Å². The van der Waals surface area contributed by atoms with Gasteiger partial charge in [0, 0.05) is 11.1 Å². The van der Waals surface area contributed by atoms with E-state index in [0.717, 1.165) is 17.5 Å². The first-order valence-electron chi connectivity index (χ1n) is 8.18. The number of aliphatic hydroxyl groups is 1. The van der Waals surface area contributed by atoms with Crippen LogP contribution in [0.15, 0.2) is 54.6 Å². The third-order valence-electron chi connectivity index (χ3n) is 4.13. The second-order valence-electron chi connectivity index (χ2n) is 7.04. The quantitative estimate of drug-likeness (QED) is 0.730. The van der Waals surface area contributed by atoms with Gasteiger partial charge >= 0.3 is 0 Å². The smallest absolute Gasteiger partial charge is 0.248 e. The van der Waals surface area contributed by atoms with Gasteiger partial charge in [-0.1, -0.05) is 42.5 Å². The van der Waals surface area contributed by atoms with Gasteiger partial charge in [0.2, 0.25) is 5.91 Å². The van der Waals surface area contributed by atoms with E-state index < -0.39 is 12.0 Å². The summed E-state index contributed by atoms with van der Waals surface area (Å²) in [6.07, 6.45) is 0.738. The molecule has 0 bridgehead atoms. The number of aliphatic hydroxyl groups excluding tert-OH is 1. The highest BCUT2D eigenvalue weighted by Crippen LogP contribution is 2.33. The Morgan fingerprint density at radius 2 is 1.62 bits per heavy atom. The van der Waals surface area contributed by atoms with Gasteiger partial charge in [-0.2, -0.15) is 0 Å². The van der Waals surface area contributed by atoms with E-state index >= 15 is 0 Å². The van der Waals surface area contributed by atoms with Gasteiger partial charge in [0.1, 0.15) is 0 Å². The molecule has 2 atom stereocenters. The van der Waals surface area contributed by atoms with Crippen LogP contribution in [0.2, 0.25) is 0 Å². The van der Waals surface area contributed by atoms with E-state index in [1.54, 1.807) is 12.1 Å². The van der Waals surface area contributed by atoms with E-state index in [2.05, 4.69) is 0 Å². The molecule has 1 amide bonds. The fourth-order valence-electron chi connectivity index (χ4n) is 2.97. The topological polar surface area (TPSA) is 89.3 Å². The van der Waals surface area contributed by atoms with E-state index in [1.807, 2.05) is 56.3 Å². The fraction of sp³-hybridized carbons (Fsp3) is 0.350. The van der Waals surface area contributed by atoms with Crippen molar-refractivity contribution in [2.24, 2.45) is 11.5 Å². The molecule has 24 heavy (non-hydrogen) atoms. The number of carbonyl (C=O) groups excluding carboxylic acids is 1. The molecular weight excluding hydrogens is 300 g/mol. The molecule has 0 radical (unpaired) electrons. The summed E-state index contributed by atoms with van der Waals surface area (Å²) in [5.74, 6) is -0.358. The lowest BCUT2D eigenvalue weighted by molar-refractivity contribution is 0.1000.